The first kappa shape index (κ1) is 12.6. The smallest absolute Gasteiger partial charge is 0.331 e. The van der Waals surface area contributed by atoms with Crippen LogP contribution in [0.1, 0.15) is 19.4 Å². The van der Waals surface area contributed by atoms with Gasteiger partial charge in [0.2, 0.25) is 0 Å². The van der Waals surface area contributed by atoms with Gasteiger partial charge in [0.1, 0.15) is 11.5 Å². The number of carboxylic acids is 1. The van der Waals surface area contributed by atoms with E-state index in [1.54, 1.807) is 0 Å². The number of alkyl halides is 1. The molecule has 1 atom stereocenters. The van der Waals surface area contributed by atoms with Crippen LogP contribution in [-0.4, -0.2) is 16.7 Å². The van der Waals surface area contributed by atoms with Crippen LogP contribution >= 0.6 is 0 Å². The van der Waals surface area contributed by atoms with Gasteiger partial charge in [-0.2, -0.15) is 0 Å². The molecule has 0 heterocycles. The largest absolute Gasteiger partial charge is 0.480 e. The van der Waals surface area contributed by atoms with Gasteiger partial charge < -0.3 is 10.8 Å². The van der Waals surface area contributed by atoms with Gasteiger partial charge in [-0.1, -0.05) is 12.1 Å². The molecular formula is C11H13F2NO2. The quantitative estimate of drug-likeness (QED) is 0.830. The summed E-state index contributed by atoms with van der Waals surface area (Å²) in [5.41, 5.74) is 0.978. The van der Waals surface area contributed by atoms with Crippen LogP contribution in [0.2, 0.25) is 0 Å². The number of rotatable bonds is 3. The van der Waals surface area contributed by atoms with Gasteiger partial charge in [0.05, 0.1) is 0 Å². The normalized spacial score (nSPS) is 15.6. The lowest BCUT2D eigenvalue weighted by Crippen LogP contribution is -2.57. The molecule has 0 saturated carbocycles. The zero-order chi connectivity index (χ0) is 12.6. The van der Waals surface area contributed by atoms with Crippen LogP contribution in [0, 0.1) is 5.82 Å². The minimum absolute atomic E-state index is 0.104. The average Bonchev–Trinajstić information content (AvgIpc) is 2.14. The zero-order valence-corrected chi connectivity index (χ0v) is 9.00. The van der Waals surface area contributed by atoms with E-state index in [0.29, 0.717) is 0 Å². The molecule has 16 heavy (non-hydrogen) atoms. The van der Waals surface area contributed by atoms with Gasteiger partial charge in [-0.15, -0.1) is 0 Å². The summed E-state index contributed by atoms with van der Waals surface area (Å²) in [5.74, 6) is -2.19. The first-order valence-electron chi connectivity index (χ1n) is 4.67. The summed E-state index contributed by atoms with van der Waals surface area (Å²) in [5, 5.41) is 9.03. The van der Waals surface area contributed by atoms with Crippen LogP contribution < -0.4 is 5.73 Å². The molecule has 1 aromatic rings. The Hall–Kier alpha value is -1.49. The highest BCUT2D eigenvalue weighted by Crippen LogP contribution is 2.34. The van der Waals surface area contributed by atoms with Crippen LogP contribution in [0.3, 0.4) is 0 Å². The van der Waals surface area contributed by atoms with Crippen molar-refractivity contribution in [3.05, 3.63) is 35.6 Å². The highest BCUT2D eigenvalue weighted by atomic mass is 19.1. The lowest BCUT2D eigenvalue weighted by molar-refractivity contribution is -0.149. The Morgan fingerprint density at radius 1 is 1.44 bits per heavy atom. The van der Waals surface area contributed by atoms with E-state index in [1.807, 2.05) is 0 Å². The molecule has 0 amide bonds. The lowest BCUT2D eigenvalue weighted by atomic mass is 9.78. The van der Waals surface area contributed by atoms with Crippen LogP contribution in [-0.2, 0) is 10.3 Å². The van der Waals surface area contributed by atoms with Gasteiger partial charge in [-0.3, -0.25) is 0 Å². The Bertz CT molecular complexity index is 415. The molecule has 1 unspecified atom stereocenters. The lowest BCUT2D eigenvalue weighted by Gasteiger charge is -2.34. The monoisotopic (exact) mass is 229 g/mol. The van der Waals surface area contributed by atoms with Crippen molar-refractivity contribution < 1.29 is 18.7 Å². The minimum Gasteiger partial charge on any atom is -0.480 e. The fourth-order valence-corrected chi connectivity index (χ4v) is 1.45. The third kappa shape index (κ3) is 1.90. The second-order valence-electron chi connectivity index (χ2n) is 4.10. The summed E-state index contributed by atoms with van der Waals surface area (Å²) in [6.45, 7) is 2.10. The Balaban J connectivity index is 3.39. The van der Waals surface area contributed by atoms with Crippen molar-refractivity contribution in [1.29, 1.82) is 0 Å². The van der Waals surface area contributed by atoms with Crippen LogP contribution in [0.4, 0.5) is 8.78 Å². The van der Waals surface area contributed by atoms with Crippen molar-refractivity contribution in [3.8, 4) is 0 Å². The number of aliphatic carboxylic acids is 1. The van der Waals surface area contributed by atoms with Crippen molar-refractivity contribution in [3.63, 3.8) is 0 Å². The maximum atomic E-state index is 13.9. The molecule has 5 heteroatoms. The highest BCUT2D eigenvalue weighted by molar-refractivity contribution is 5.82. The maximum absolute atomic E-state index is 13.9. The molecule has 0 aliphatic carbocycles. The van der Waals surface area contributed by atoms with E-state index in [-0.39, 0.29) is 5.56 Å². The summed E-state index contributed by atoms with van der Waals surface area (Å²) in [6, 6.07) is 4.64. The fourth-order valence-electron chi connectivity index (χ4n) is 1.45. The molecule has 1 rings (SSSR count). The van der Waals surface area contributed by atoms with Gasteiger partial charge >= 0.3 is 5.97 Å². The molecule has 3 N–H and O–H groups in total. The molecule has 88 valence electrons. The van der Waals surface area contributed by atoms with Crippen molar-refractivity contribution >= 4 is 5.97 Å². The molecule has 3 nitrogen and oxygen atoms in total. The van der Waals surface area contributed by atoms with Gasteiger partial charge in [0, 0.05) is 0 Å². The topological polar surface area (TPSA) is 63.3 Å². The molecule has 0 aliphatic rings. The molecular weight excluding hydrogens is 216 g/mol. The second-order valence-corrected chi connectivity index (χ2v) is 4.10. The van der Waals surface area contributed by atoms with Crippen molar-refractivity contribution in [1.82, 2.24) is 0 Å². The third-order valence-corrected chi connectivity index (χ3v) is 2.56. The van der Waals surface area contributed by atoms with Crippen molar-refractivity contribution in [2.45, 2.75) is 25.1 Å². The average molecular weight is 229 g/mol. The Labute approximate surface area is 91.9 Å². The van der Waals surface area contributed by atoms with E-state index in [4.69, 9.17) is 10.8 Å². The van der Waals surface area contributed by atoms with Crippen LogP contribution in [0.25, 0.3) is 0 Å². The van der Waals surface area contributed by atoms with E-state index in [2.05, 4.69) is 0 Å². The maximum Gasteiger partial charge on any atom is 0.331 e. The van der Waals surface area contributed by atoms with E-state index in [1.165, 1.54) is 12.1 Å². The van der Waals surface area contributed by atoms with Gasteiger partial charge in [-0.25, -0.2) is 13.6 Å². The third-order valence-electron chi connectivity index (χ3n) is 2.56. The van der Waals surface area contributed by atoms with Gasteiger partial charge in [0.15, 0.2) is 5.54 Å². The Kier molecular flexibility index (Phi) is 3.01. The summed E-state index contributed by atoms with van der Waals surface area (Å²) in [7, 11) is 0. The molecule has 1 aromatic carbocycles. The van der Waals surface area contributed by atoms with Crippen molar-refractivity contribution in [2.75, 3.05) is 0 Å². The molecule has 0 fully saturated rings. The van der Waals surface area contributed by atoms with E-state index < -0.39 is 23.0 Å². The summed E-state index contributed by atoms with van der Waals surface area (Å²) >= 11 is 0. The molecule has 0 radical (unpaired) electrons. The van der Waals surface area contributed by atoms with Crippen molar-refractivity contribution in [2.24, 2.45) is 5.73 Å². The number of carbonyl (C=O) groups is 1. The standard InChI is InChI=1S/C11H13F2NO2/c1-10(2,13)11(14,9(15)16)7-4-3-5-8(12)6-7/h3-6H,14H2,1-2H3,(H,15,16). The number of nitrogens with two attached hydrogens (primary N) is 1. The van der Waals surface area contributed by atoms with E-state index >= 15 is 0 Å². The molecule has 0 aromatic heterocycles. The molecule has 0 saturated heterocycles. The Morgan fingerprint density at radius 2 is 2.00 bits per heavy atom. The zero-order valence-electron chi connectivity index (χ0n) is 9.00. The number of benzene rings is 1. The summed E-state index contributed by atoms with van der Waals surface area (Å²) in [6.07, 6.45) is 0. The first-order chi connectivity index (χ1) is 7.19. The van der Waals surface area contributed by atoms with Gasteiger partial charge in [-0.05, 0) is 31.5 Å². The Morgan fingerprint density at radius 3 is 2.38 bits per heavy atom. The minimum atomic E-state index is -2.27. The molecule has 0 bridgehead atoms. The van der Waals surface area contributed by atoms with E-state index in [0.717, 1.165) is 26.0 Å². The summed E-state index contributed by atoms with van der Waals surface area (Å²) in [4.78, 5) is 11.1. The summed E-state index contributed by atoms with van der Waals surface area (Å²) < 4.78 is 26.9. The highest BCUT2D eigenvalue weighted by Gasteiger charge is 2.50. The SMILES string of the molecule is CC(C)(F)C(N)(C(=O)O)c1cccc(F)c1. The fraction of sp³-hybridized carbons (Fsp3) is 0.364. The second kappa shape index (κ2) is 3.83. The number of carboxylic acid groups (broad SMARTS) is 1. The number of hydrogen-bond acceptors (Lipinski definition) is 2. The first-order valence-corrected chi connectivity index (χ1v) is 4.67. The van der Waals surface area contributed by atoms with E-state index in [9.17, 15) is 13.6 Å². The van der Waals surface area contributed by atoms with Crippen LogP contribution in [0.15, 0.2) is 24.3 Å². The van der Waals surface area contributed by atoms with Gasteiger partial charge in [0.25, 0.3) is 0 Å². The van der Waals surface area contributed by atoms with Crippen LogP contribution in [0.5, 0.6) is 0 Å². The molecule has 0 aliphatic heterocycles. The predicted octanol–water partition coefficient (Wildman–Crippen LogP) is 1.81. The number of hydrogen-bond donors (Lipinski definition) is 2. The molecule has 0 spiro atoms. The predicted molar refractivity (Wildman–Crippen MR) is 55.1 cm³/mol. The number of halogens is 2.